The molecule has 0 saturated carbocycles. The first kappa shape index (κ1) is 14.5. The van der Waals surface area contributed by atoms with Gasteiger partial charge in [-0.05, 0) is 6.07 Å². The van der Waals surface area contributed by atoms with Gasteiger partial charge in [0.2, 0.25) is 0 Å². The molecule has 2 aromatic rings. The predicted molar refractivity (Wildman–Crippen MR) is 69.9 cm³/mol. The van der Waals surface area contributed by atoms with Crippen molar-refractivity contribution in [1.82, 2.24) is 5.16 Å². The molecule has 0 fully saturated rings. The van der Waals surface area contributed by atoms with Gasteiger partial charge in [0, 0.05) is 19.2 Å². The van der Waals surface area contributed by atoms with Crippen LogP contribution in [-0.4, -0.2) is 28.2 Å². The molecule has 21 heavy (non-hydrogen) atoms. The summed E-state index contributed by atoms with van der Waals surface area (Å²) in [5.74, 6) is -0.835. The van der Waals surface area contributed by atoms with Crippen LogP contribution in [0.1, 0.15) is 16.2 Å². The van der Waals surface area contributed by atoms with E-state index in [1.807, 2.05) is 0 Å². The zero-order valence-electron chi connectivity index (χ0n) is 10.9. The third-order valence-corrected chi connectivity index (χ3v) is 2.53. The van der Waals surface area contributed by atoms with Gasteiger partial charge in [0.15, 0.2) is 17.1 Å². The number of rotatable bonds is 5. The molecule has 0 radical (unpaired) electrons. The van der Waals surface area contributed by atoms with Crippen LogP contribution < -0.4 is 5.32 Å². The lowest BCUT2D eigenvalue weighted by molar-refractivity contribution is -0.384. The Morgan fingerprint density at radius 3 is 3.00 bits per heavy atom. The highest BCUT2D eigenvalue weighted by molar-refractivity contribution is 6.05. The van der Waals surface area contributed by atoms with Gasteiger partial charge in [-0.2, -0.15) is 0 Å². The number of nitrogens with one attached hydrogen (secondary N) is 1. The largest absolute Gasteiger partial charge is 0.505 e. The number of phenols is 1. The van der Waals surface area contributed by atoms with Gasteiger partial charge in [-0.3, -0.25) is 14.9 Å². The number of carbonyl (C=O) groups excluding carboxylic acids is 1. The number of hydrogen-bond donors (Lipinski definition) is 2. The van der Waals surface area contributed by atoms with E-state index in [1.165, 1.54) is 25.3 Å². The van der Waals surface area contributed by atoms with Gasteiger partial charge in [0.1, 0.15) is 12.4 Å². The number of carbonyl (C=O) groups is 1. The molecular weight excluding hydrogens is 282 g/mol. The molecule has 2 rings (SSSR count). The third kappa shape index (κ3) is 3.15. The lowest BCUT2D eigenvalue weighted by atomic mass is 10.2. The van der Waals surface area contributed by atoms with Crippen LogP contribution in [0.15, 0.2) is 28.8 Å². The zero-order chi connectivity index (χ0) is 15.4. The van der Waals surface area contributed by atoms with Gasteiger partial charge in [-0.1, -0.05) is 11.2 Å². The van der Waals surface area contributed by atoms with Crippen molar-refractivity contribution in [3.63, 3.8) is 0 Å². The summed E-state index contributed by atoms with van der Waals surface area (Å²) in [7, 11) is 1.45. The van der Waals surface area contributed by atoms with Crippen LogP contribution in [0.2, 0.25) is 0 Å². The second-order valence-corrected chi connectivity index (χ2v) is 3.99. The fourth-order valence-corrected chi connectivity index (χ4v) is 1.62. The van der Waals surface area contributed by atoms with Gasteiger partial charge in [-0.25, -0.2) is 0 Å². The number of anilines is 1. The molecule has 0 saturated heterocycles. The highest BCUT2D eigenvalue weighted by Crippen LogP contribution is 2.33. The molecule has 110 valence electrons. The molecule has 0 aliphatic heterocycles. The first-order valence-electron chi connectivity index (χ1n) is 5.75. The maximum atomic E-state index is 12.0. The van der Waals surface area contributed by atoms with Crippen molar-refractivity contribution in [3.05, 3.63) is 45.8 Å². The van der Waals surface area contributed by atoms with Crippen molar-refractivity contribution < 1.29 is 24.1 Å². The number of benzene rings is 1. The molecule has 0 spiro atoms. The van der Waals surface area contributed by atoms with E-state index in [9.17, 15) is 20.0 Å². The maximum Gasteiger partial charge on any atom is 0.296 e. The van der Waals surface area contributed by atoms with E-state index in [0.29, 0.717) is 5.76 Å². The second kappa shape index (κ2) is 6.01. The maximum absolute atomic E-state index is 12.0. The Balaban J connectivity index is 2.25. The quantitative estimate of drug-likeness (QED) is 0.487. The Morgan fingerprint density at radius 1 is 1.57 bits per heavy atom. The van der Waals surface area contributed by atoms with Crippen molar-refractivity contribution in [2.75, 3.05) is 12.4 Å². The number of methoxy groups -OCH3 is 1. The van der Waals surface area contributed by atoms with E-state index in [4.69, 9.17) is 9.26 Å². The Bertz CT molecular complexity index is 681. The summed E-state index contributed by atoms with van der Waals surface area (Å²) < 4.78 is 9.65. The average molecular weight is 293 g/mol. The summed E-state index contributed by atoms with van der Waals surface area (Å²) in [4.78, 5) is 22.1. The van der Waals surface area contributed by atoms with Gasteiger partial charge in [0.05, 0.1) is 4.92 Å². The molecule has 1 amide bonds. The minimum atomic E-state index is -0.745. The number of nitrogens with zero attached hydrogens (tertiary/aromatic N) is 2. The number of aromatic nitrogens is 1. The van der Waals surface area contributed by atoms with E-state index < -0.39 is 22.3 Å². The van der Waals surface area contributed by atoms with Gasteiger partial charge >= 0.3 is 0 Å². The normalized spacial score (nSPS) is 10.3. The van der Waals surface area contributed by atoms with Crippen molar-refractivity contribution in [3.8, 4) is 5.75 Å². The molecule has 0 unspecified atom stereocenters. The summed E-state index contributed by atoms with van der Waals surface area (Å²) in [6.07, 6.45) is 0. The number of amides is 1. The van der Waals surface area contributed by atoms with Crippen LogP contribution in [0.5, 0.6) is 5.75 Å². The summed E-state index contributed by atoms with van der Waals surface area (Å²) in [5, 5.41) is 26.3. The van der Waals surface area contributed by atoms with Crippen LogP contribution >= 0.6 is 0 Å². The van der Waals surface area contributed by atoms with E-state index in [1.54, 1.807) is 0 Å². The average Bonchev–Trinajstić information content (AvgIpc) is 2.90. The standard InChI is InChI=1S/C12H11N3O6/c1-20-6-7-5-8(14-21-7)12(17)13-11-9(15(18)19)3-2-4-10(11)16/h2-5,16H,6H2,1H3,(H,13,17). The van der Waals surface area contributed by atoms with Gasteiger partial charge in [-0.15, -0.1) is 0 Å². The van der Waals surface area contributed by atoms with Crippen LogP contribution in [0.4, 0.5) is 11.4 Å². The Hall–Kier alpha value is -2.94. The first-order chi connectivity index (χ1) is 10.0. The van der Waals surface area contributed by atoms with Gasteiger partial charge < -0.3 is 19.7 Å². The molecule has 9 nitrogen and oxygen atoms in total. The lowest BCUT2D eigenvalue weighted by Gasteiger charge is -2.05. The van der Waals surface area contributed by atoms with Crippen LogP contribution in [0.25, 0.3) is 0 Å². The smallest absolute Gasteiger partial charge is 0.296 e. The minimum Gasteiger partial charge on any atom is -0.505 e. The molecule has 2 N–H and O–H groups in total. The second-order valence-electron chi connectivity index (χ2n) is 3.99. The van der Waals surface area contributed by atoms with E-state index in [2.05, 4.69) is 10.5 Å². The number of para-hydroxylation sites is 1. The third-order valence-electron chi connectivity index (χ3n) is 2.53. The summed E-state index contributed by atoms with van der Waals surface area (Å²) in [6.45, 7) is 0.136. The SMILES string of the molecule is COCc1cc(C(=O)Nc2c(O)cccc2[N+](=O)[O-])no1. The molecular formula is C12H11N3O6. The Morgan fingerprint density at radius 2 is 2.33 bits per heavy atom. The van der Waals surface area contributed by atoms with E-state index >= 15 is 0 Å². The molecule has 0 bridgehead atoms. The number of phenolic OH excluding ortho intramolecular Hbond substituents is 1. The molecule has 0 aliphatic carbocycles. The molecule has 1 aromatic carbocycles. The summed E-state index contributed by atoms with van der Waals surface area (Å²) >= 11 is 0. The van der Waals surface area contributed by atoms with Crippen molar-refractivity contribution >= 4 is 17.3 Å². The lowest BCUT2D eigenvalue weighted by Crippen LogP contribution is -2.13. The van der Waals surface area contributed by atoms with Gasteiger partial charge in [0.25, 0.3) is 11.6 Å². The van der Waals surface area contributed by atoms with Crippen LogP contribution in [0.3, 0.4) is 0 Å². The van der Waals surface area contributed by atoms with Crippen LogP contribution in [-0.2, 0) is 11.3 Å². The molecule has 0 aliphatic rings. The summed E-state index contributed by atoms with van der Waals surface area (Å²) in [6, 6.07) is 5.02. The van der Waals surface area contributed by atoms with Crippen LogP contribution in [0, 0.1) is 10.1 Å². The first-order valence-corrected chi connectivity index (χ1v) is 5.75. The topological polar surface area (TPSA) is 128 Å². The van der Waals surface area contributed by atoms with Crippen molar-refractivity contribution in [2.24, 2.45) is 0 Å². The highest BCUT2D eigenvalue weighted by Gasteiger charge is 2.21. The monoisotopic (exact) mass is 293 g/mol. The number of nitro groups is 1. The Kier molecular flexibility index (Phi) is 4.14. The number of ether oxygens (including phenoxy) is 1. The molecule has 9 heteroatoms. The molecule has 1 aromatic heterocycles. The van der Waals surface area contributed by atoms with E-state index in [0.717, 1.165) is 6.07 Å². The van der Waals surface area contributed by atoms with Crippen molar-refractivity contribution in [1.29, 1.82) is 0 Å². The minimum absolute atomic E-state index is 0.0837. The fraction of sp³-hybridized carbons (Fsp3) is 0.167. The highest BCUT2D eigenvalue weighted by atomic mass is 16.6. The number of hydrogen-bond acceptors (Lipinski definition) is 7. The van der Waals surface area contributed by atoms with Crippen molar-refractivity contribution in [2.45, 2.75) is 6.61 Å². The number of nitro benzene ring substituents is 1. The summed E-state index contributed by atoms with van der Waals surface area (Å²) in [5.41, 5.74) is -0.813. The van der Waals surface area contributed by atoms with E-state index in [-0.39, 0.29) is 18.0 Å². The zero-order valence-corrected chi connectivity index (χ0v) is 10.9. The fourth-order valence-electron chi connectivity index (χ4n) is 1.62. The molecule has 0 atom stereocenters. The Labute approximate surface area is 118 Å². The predicted octanol–water partition coefficient (Wildman–Crippen LogP) is 1.69. The number of aromatic hydroxyl groups is 1. The molecule has 1 heterocycles.